The monoisotopic (exact) mass is 373 g/mol. The molecule has 1 aromatic rings. The number of nitrogens with zero attached hydrogens (tertiary/aromatic N) is 1. The fourth-order valence-corrected chi connectivity index (χ4v) is 4.41. The van der Waals surface area contributed by atoms with E-state index in [-0.39, 0.29) is 5.78 Å². The SMILES string of the molecule is C=CC(=O)CC1[C@H]2CN(Cc3ccc(S(=O)(=O)C(F)(F)F)cc3)C[C@@H]12. The average Bonchev–Trinajstić information content (AvgIpc) is 2.98. The molecule has 1 heterocycles. The number of carbonyl (C=O) groups excluding carboxylic acids is 1. The Morgan fingerprint density at radius 1 is 1.20 bits per heavy atom. The zero-order valence-corrected chi connectivity index (χ0v) is 14.2. The second kappa shape index (κ2) is 6.25. The Morgan fingerprint density at radius 2 is 1.76 bits per heavy atom. The van der Waals surface area contributed by atoms with Crippen molar-refractivity contribution in [1.82, 2.24) is 4.90 Å². The summed E-state index contributed by atoms with van der Waals surface area (Å²) in [5.41, 5.74) is -4.52. The summed E-state index contributed by atoms with van der Waals surface area (Å²) in [5.74, 6) is 1.47. The number of carbonyl (C=O) groups is 1. The smallest absolute Gasteiger partial charge is 0.298 e. The molecule has 1 saturated carbocycles. The molecule has 0 bridgehead atoms. The standard InChI is InChI=1S/C17H18F3NO3S/c1-2-12(22)7-14-15-9-21(10-16(14)15)8-11-3-5-13(6-4-11)25(23,24)17(18,19)20/h2-6,14-16H,1,7-10H2/t14?,15-,16+. The van der Waals surface area contributed by atoms with Crippen molar-refractivity contribution in [1.29, 1.82) is 0 Å². The van der Waals surface area contributed by atoms with Crippen LogP contribution in [0.25, 0.3) is 0 Å². The van der Waals surface area contributed by atoms with Crippen LogP contribution in [0.2, 0.25) is 0 Å². The molecule has 2 aliphatic rings. The van der Waals surface area contributed by atoms with E-state index in [2.05, 4.69) is 11.5 Å². The zero-order valence-electron chi connectivity index (χ0n) is 13.4. The summed E-state index contributed by atoms with van der Waals surface area (Å²) in [4.78, 5) is 12.8. The molecule has 1 saturated heterocycles. The molecule has 0 aromatic heterocycles. The number of fused-ring (bicyclic) bond motifs is 1. The Balaban J connectivity index is 1.56. The molecule has 8 heteroatoms. The van der Waals surface area contributed by atoms with Crippen LogP contribution in [0.1, 0.15) is 12.0 Å². The van der Waals surface area contributed by atoms with E-state index in [0.29, 0.717) is 30.7 Å². The van der Waals surface area contributed by atoms with E-state index in [0.717, 1.165) is 30.8 Å². The Morgan fingerprint density at radius 3 is 2.24 bits per heavy atom. The number of ketones is 1. The van der Waals surface area contributed by atoms with Crippen molar-refractivity contribution in [2.24, 2.45) is 17.8 Å². The summed E-state index contributed by atoms with van der Waals surface area (Å²) in [6.45, 7) is 5.73. The number of benzene rings is 1. The quantitative estimate of drug-likeness (QED) is 0.720. The molecular formula is C17H18F3NO3S. The van der Waals surface area contributed by atoms with Crippen LogP contribution in [0.4, 0.5) is 13.2 Å². The maximum atomic E-state index is 12.5. The van der Waals surface area contributed by atoms with Crippen LogP contribution in [-0.4, -0.2) is 37.7 Å². The first-order chi connectivity index (χ1) is 11.6. The summed E-state index contributed by atoms with van der Waals surface area (Å²) in [7, 11) is -5.30. The third-order valence-electron chi connectivity index (χ3n) is 5.06. The number of allylic oxidation sites excluding steroid dienone is 1. The van der Waals surface area contributed by atoms with Gasteiger partial charge in [-0.05, 0) is 41.5 Å². The normalized spacial score (nSPS) is 26.3. The van der Waals surface area contributed by atoms with Crippen LogP contribution in [0.5, 0.6) is 0 Å². The molecule has 0 amide bonds. The second-order valence-electron chi connectivity index (χ2n) is 6.65. The van der Waals surface area contributed by atoms with Gasteiger partial charge in [-0.15, -0.1) is 0 Å². The van der Waals surface area contributed by atoms with Crippen molar-refractivity contribution in [3.63, 3.8) is 0 Å². The summed E-state index contributed by atoms with van der Waals surface area (Å²) in [5, 5.41) is 0. The van der Waals surface area contributed by atoms with Crippen molar-refractivity contribution in [3.05, 3.63) is 42.5 Å². The maximum absolute atomic E-state index is 12.5. The predicted octanol–water partition coefficient (Wildman–Crippen LogP) is 2.80. The third kappa shape index (κ3) is 3.50. The highest BCUT2D eigenvalue weighted by Crippen LogP contribution is 2.53. The zero-order chi connectivity index (χ0) is 18.4. The highest BCUT2D eigenvalue weighted by Gasteiger charge is 2.55. The molecule has 4 nitrogen and oxygen atoms in total. The first kappa shape index (κ1) is 18.1. The van der Waals surface area contributed by atoms with Crippen LogP contribution in [0.15, 0.2) is 41.8 Å². The highest BCUT2D eigenvalue weighted by atomic mass is 32.2. The molecule has 1 unspecified atom stereocenters. The third-order valence-corrected chi connectivity index (χ3v) is 6.56. The number of alkyl halides is 3. The van der Waals surface area contributed by atoms with Crippen LogP contribution in [-0.2, 0) is 21.2 Å². The van der Waals surface area contributed by atoms with Crippen molar-refractivity contribution in [3.8, 4) is 0 Å². The van der Waals surface area contributed by atoms with Gasteiger partial charge in [0.2, 0.25) is 0 Å². The van der Waals surface area contributed by atoms with Crippen molar-refractivity contribution < 1.29 is 26.4 Å². The van der Waals surface area contributed by atoms with E-state index in [1.165, 1.54) is 18.2 Å². The lowest BCUT2D eigenvalue weighted by Crippen LogP contribution is -2.25. The molecule has 136 valence electrons. The number of hydrogen-bond donors (Lipinski definition) is 0. The lowest BCUT2D eigenvalue weighted by atomic mass is 10.1. The lowest BCUT2D eigenvalue weighted by Gasteiger charge is -2.19. The van der Waals surface area contributed by atoms with Gasteiger partial charge in [0.05, 0.1) is 4.90 Å². The largest absolute Gasteiger partial charge is 0.501 e. The van der Waals surface area contributed by atoms with Gasteiger partial charge >= 0.3 is 5.51 Å². The average molecular weight is 373 g/mol. The van der Waals surface area contributed by atoms with Crippen LogP contribution in [0, 0.1) is 17.8 Å². The summed E-state index contributed by atoms with van der Waals surface area (Å²) in [6.07, 6.45) is 1.89. The van der Waals surface area contributed by atoms with E-state index in [4.69, 9.17) is 0 Å². The topological polar surface area (TPSA) is 54.5 Å². The number of hydrogen-bond acceptors (Lipinski definition) is 4. The Hall–Kier alpha value is -1.67. The van der Waals surface area contributed by atoms with E-state index in [9.17, 15) is 26.4 Å². The molecule has 3 atom stereocenters. The van der Waals surface area contributed by atoms with Gasteiger partial charge in [0.25, 0.3) is 9.84 Å². The first-order valence-electron chi connectivity index (χ1n) is 7.91. The number of halogens is 3. The minimum Gasteiger partial charge on any atom is -0.298 e. The van der Waals surface area contributed by atoms with Gasteiger partial charge in [0.15, 0.2) is 5.78 Å². The van der Waals surface area contributed by atoms with Gasteiger partial charge in [-0.3, -0.25) is 9.69 Å². The van der Waals surface area contributed by atoms with Crippen LogP contribution >= 0.6 is 0 Å². The van der Waals surface area contributed by atoms with Crippen LogP contribution in [0.3, 0.4) is 0 Å². The summed E-state index contributed by atoms with van der Waals surface area (Å²) >= 11 is 0. The molecule has 1 aromatic carbocycles. The fourth-order valence-electron chi connectivity index (χ4n) is 3.65. The van der Waals surface area contributed by atoms with Gasteiger partial charge in [-0.25, -0.2) is 8.42 Å². The van der Waals surface area contributed by atoms with Gasteiger partial charge in [0.1, 0.15) is 0 Å². The van der Waals surface area contributed by atoms with E-state index < -0.39 is 20.2 Å². The molecule has 0 N–H and O–H groups in total. The molecule has 0 radical (unpaired) electrons. The second-order valence-corrected chi connectivity index (χ2v) is 8.59. The fraction of sp³-hybridized carbons (Fsp3) is 0.471. The minimum atomic E-state index is -5.30. The summed E-state index contributed by atoms with van der Waals surface area (Å²) < 4.78 is 60.2. The number of rotatable bonds is 6. The van der Waals surface area contributed by atoms with Crippen LogP contribution < -0.4 is 0 Å². The first-order valence-corrected chi connectivity index (χ1v) is 9.39. The summed E-state index contributed by atoms with van der Waals surface area (Å²) in [6, 6.07) is 4.84. The molecule has 0 spiro atoms. The van der Waals surface area contributed by atoms with Gasteiger partial charge in [-0.1, -0.05) is 18.7 Å². The van der Waals surface area contributed by atoms with Crippen molar-refractivity contribution >= 4 is 15.6 Å². The number of piperidine rings is 1. The molecule has 1 aliphatic heterocycles. The van der Waals surface area contributed by atoms with E-state index in [1.54, 1.807) is 0 Å². The maximum Gasteiger partial charge on any atom is 0.501 e. The Kier molecular flexibility index (Phi) is 4.53. The lowest BCUT2D eigenvalue weighted by molar-refractivity contribution is -0.115. The van der Waals surface area contributed by atoms with Crippen molar-refractivity contribution in [2.75, 3.05) is 13.1 Å². The van der Waals surface area contributed by atoms with Gasteiger partial charge in [0, 0.05) is 26.1 Å². The molecule has 25 heavy (non-hydrogen) atoms. The minimum absolute atomic E-state index is 0.0624. The molecule has 2 fully saturated rings. The van der Waals surface area contributed by atoms with Gasteiger partial charge < -0.3 is 0 Å². The van der Waals surface area contributed by atoms with Gasteiger partial charge in [-0.2, -0.15) is 13.2 Å². The Labute approximate surface area is 144 Å². The number of likely N-dealkylation sites (tertiary alicyclic amines) is 1. The highest BCUT2D eigenvalue weighted by molar-refractivity contribution is 7.92. The molecule has 1 aliphatic carbocycles. The Bertz CT molecular complexity index is 774. The molecular weight excluding hydrogens is 355 g/mol. The molecule has 3 rings (SSSR count). The number of sulfone groups is 1. The van der Waals surface area contributed by atoms with Crippen molar-refractivity contribution in [2.45, 2.75) is 23.4 Å². The predicted molar refractivity (Wildman–Crippen MR) is 85.3 cm³/mol. The van der Waals surface area contributed by atoms with E-state index in [1.807, 2.05) is 0 Å². The van der Waals surface area contributed by atoms with E-state index >= 15 is 0 Å².